The number of rotatable bonds is 11. The summed E-state index contributed by atoms with van der Waals surface area (Å²) in [4.78, 5) is 0. The first-order valence-corrected chi connectivity index (χ1v) is 7.54. The van der Waals surface area contributed by atoms with Gasteiger partial charge in [-0.2, -0.15) is 0 Å². The number of unbranched alkanes of at least 4 members (excludes halogenated alkanes) is 1. The molecular formula is C17H30F2O. The van der Waals surface area contributed by atoms with Crippen molar-refractivity contribution in [1.29, 1.82) is 0 Å². The van der Waals surface area contributed by atoms with Crippen molar-refractivity contribution >= 4 is 0 Å². The van der Waals surface area contributed by atoms with Crippen molar-refractivity contribution in [3.8, 4) is 0 Å². The van der Waals surface area contributed by atoms with E-state index in [1.165, 1.54) is 26.4 Å². The van der Waals surface area contributed by atoms with E-state index in [4.69, 9.17) is 0 Å². The van der Waals surface area contributed by atoms with Gasteiger partial charge in [0.1, 0.15) is 5.76 Å². The van der Waals surface area contributed by atoms with Gasteiger partial charge in [0.15, 0.2) is 12.3 Å². The van der Waals surface area contributed by atoms with Gasteiger partial charge < -0.3 is 4.74 Å². The minimum Gasteiger partial charge on any atom is -0.498 e. The number of hydrogen-bond acceptors (Lipinski definition) is 1. The van der Waals surface area contributed by atoms with Gasteiger partial charge in [0.25, 0.3) is 0 Å². The Bertz CT molecular complexity index is 301. The molecule has 118 valence electrons. The molecule has 0 aromatic rings. The van der Waals surface area contributed by atoms with Crippen molar-refractivity contribution in [2.45, 2.75) is 65.2 Å². The molecular weight excluding hydrogens is 258 g/mol. The quantitative estimate of drug-likeness (QED) is 0.354. The van der Waals surface area contributed by atoms with Gasteiger partial charge in [0.2, 0.25) is 0 Å². The topological polar surface area (TPSA) is 9.23 Å². The molecule has 0 heterocycles. The van der Waals surface area contributed by atoms with Crippen molar-refractivity contribution in [1.82, 2.24) is 0 Å². The highest BCUT2D eigenvalue weighted by atomic mass is 19.2. The minimum absolute atomic E-state index is 0.0306. The van der Waals surface area contributed by atoms with Crippen LogP contribution in [0.5, 0.6) is 0 Å². The molecule has 0 radical (unpaired) electrons. The Labute approximate surface area is 123 Å². The molecule has 3 unspecified atom stereocenters. The Morgan fingerprint density at radius 1 is 1.05 bits per heavy atom. The molecule has 0 bridgehead atoms. The summed E-state index contributed by atoms with van der Waals surface area (Å²) in [7, 11) is 1.29. The predicted molar refractivity (Wildman–Crippen MR) is 82.2 cm³/mol. The number of allylic oxidation sites excluding steroid dienone is 2. The van der Waals surface area contributed by atoms with E-state index in [1.54, 1.807) is 0 Å². The van der Waals surface area contributed by atoms with Gasteiger partial charge in [-0.25, -0.2) is 8.78 Å². The largest absolute Gasteiger partial charge is 0.498 e. The normalized spacial score (nSPS) is 17.1. The standard InChI is InChI=1S/C17H30F2O/c1-7-8-9-12(2)10-11-13(3)14(4)16(18)17(19)15(5)20-6/h12-13,16-17H,4-5,7-11H2,1-3,6H3/t12?,13?,16-,17?/m0/s1. The van der Waals surface area contributed by atoms with Crippen molar-refractivity contribution < 1.29 is 13.5 Å². The third kappa shape index (κ3) is 6.53. The fourth-order valence-electron chi connectivity index (χ4n) is 2.15. The van der Waals surface area contributed by atoms with Gasteiger partial charge in [0.05, 0.1) is 7.11 Å². The summed E-state index contributed by atoms with van der Waals surface area (Å²) in [6.45, 7) is 13.4. The molecule has 20 heavy (non-hydrogen) atoms. The average molecular weight is 288 g/mol. The van der Waals surface area contributed by atoms with E-state index in [9.17, 15) is 8.78 Å². The lowest BCUT2D eigenvalue weighted by Crippen LogP contribution is -2.25. The second-order valence-corrected chi connectivity index (χ2v) is 5.77. The van der Waals surface area contributed by atoms with Crippen LogP contribution in [0.3, 0.4) is 0 Å². The molecule has 0 rings (SSSR count). The SMILES string of the molecule is C=C(OC)C(F)[C@@H](F)C(=C)C(C)CCC(C)CCCC. The smallest absolute Gasteiger partial charge is 0.191 e. The van der Waals surface area contributed by atoms with Crippen LogP contribution in [0.15, 0.2) is 24.5 Å². The van der Waals surface area contributed by atoms with E-state index in [2.05, 4.69) is 31.7 Å². The van der Waals surface area contributed by atoms with Gasteiger partial charge in [-0.05, 0) is 23.8 Å². The van der Waals surface area contributed by atoms with E-state index >= 15 is 0 Å². The summed E-state index contributed by atoms with van der Waals surface area (Å²) in [6, 6.07) is 0. The fraction of sp³-hybridized carbons (Fsp3) is 0.765. The van der Waals surface area contributed by atoms with Crippen molar-refractivity contribution in [3.05, 3.63) is 24.5 Å². The molecule has 0 aromatic carbocycles. The van der Waals surface area contributed by atoms with Crippen LogP contribution in [0.25, 0.3) is 0 Å². The molecule has 0 N–H and O–H groups in total. The van der Waals surface area contributed by atoms with Crippen LogP contribution in [0.1, 0.15) is 52.9 Å². The Morgan fingerprint density at radius 3 is 2.15 bits per heavy atom. The van der Waals surface area contributed by atoms with Crippen LogP contribution in [0.2, 0.25) is 0 Å². The number of halogens is 2. The summed E-state index contributed by atoms with van der Waals surface area (Å²) in [5.74, 6) is 0.414. The van der Waals surface area contributed by atoms with Gasteiger partial charge in [-0.15, -0.1) is 0 Å². The predicted octanol–water partition coefficient (Wildman–Crippen LogP) is 5.62. The fourth-order valence-corrected chi connectivity index (χ4v) is 2.15. The molecule has 4 atom stereocenters. The summed E-state index contributed by atoms with van der Waals surface area (Å²) in [6.07, 6.45) is 1.92. The summed E-state index contributed by atoms with van der Waals surface area (Å²) >= 11 is 0. The maximum atomic E-state index is 14.0. The summed E-state index contributed by atoms with van der Waals surface area (Å²) in [5, 5.41) is 0. The zero-order valence-electron chi connectivity index (χ0n) is 13.4. The van der Waals surface area contributed by atoms with Crippen molar-refractivity contribution in [3.63, 3.8) is 0 Å². The highest BCUT2D eigenvalue weighted by Gasteiger charge is 2.29. The second-order valence-electron chi connectivity index (χ2n) is 5.77. The average Bonchev–Trinajstić information content (AvgIpc) is 2.47. The highest BCUT2D eigenvalue weighted by Crippen LogP contribution is 2.28. The molecule has 0 aliphatic rings. The molecule has 0 aromatic heterocycles. The van der Waals surface area contributed by atoms with Gasteiger partial charge >= 0.3 is 0 Å². The monoisotopic (exact) mass is 288 g/mol. The first-order valence-electron chi connectivity index (χ1n) is 7.54. The lowest BCUT2D eigenvalue weighted by atomic mass is 9.88. The van der Waals surface area contributed by atoms with Crippen LogP contribution >= 0.6 is 0 Å². The van der Waals surface area contributed by atoms with Crippen LogP contribution in [-0.2, 0) is 4.74 Å². The minimum atomic E-state index is -1.83. The molecule has 0 aliphatic heterocycles. The zero-order chi connectivity index (χ0) is 15.7. The van der Waals surface area contributed by atoms with Gasteiger partial charge in [-0.3, -0.25) is 0 Å². The van der Waals surface area contributed by atoms with Gasteiger partial charge in [-0.1, -0.05) is 59.6 Å². The maximum absolute atomic E-state index is 14.0. The molecule has 0 amide bonds. The van der Waals surface area contributed by atoms with Crippen LogP contribution < -0.4 is 0 Å². The molecule has 3 heteroatoms. The number of ether oxygens (including phenoxy) is 1. The Balaban J connectivity index is 4.23. The molecule has 1 nitrogen and oxygen atoms in total. The zero-order valence-corrected chi connectivity index (χ0v) is 13.4. The second kappa shape index (κ2) is 9.95. The van der Waals surface area contributed by atoms with E-state index in [-0.39, 0.29) is 11.7 Å². The highest BCUT2D eigenvalue weighted by molar-refractivity contribution is 5.14. The number of methoxy groups -OCH3 is 1. The van der Waals surface area contributed by atoms with Crippen molar-refractivity contribution in [2.24, 2.45) is 11.8 Å². The van der Waals surface area contributed by atoms with Crippen LogP contribution in [0.4, 0.5) is 8.78 Å². The molecule has 0 aliphatic carbocycles. The van der Waals surface area contributed by atoms with E-state index < -0.39 is 12.3 Å². The van der Waals surface area contributed by atoms with Crippen molar-refractivity contribution in [2.75, 3.05) is 7.11 Å². The number of alkyl halides is 2. The summed E-state index contributed by atoms with van der Waals surface area (Å²) < 4.78 is 32.4. The molecule has 0 saturated heterocycles. The lowest BCUT2D eigenvalue weighted by Gasteiger charge is -2.22. The maximum Gasteiger partial charge on any atom is 0.191 e. The van der Waals surface area contributed by atoms with Crippen LogP contribution in [0, 0.1) is 11.8 Å². The van der Waals surface area contributed by atoms with E-state index in [0.717, 1.165) is 12.8 Å². The third-order valence-corrected chi connectivity index (χ3v) is 3.96. The van der Waals surface area contributed by atoms with Gasteiger partial charge in [0, 0.05) is 0 Å². The molecule has 0 saturated carbocycles. The van der Waals surface area contributed by atoms with E-state index in [1.807, 2.05) is 6.92 Å². The Morgan fingerprint density at radius 2 is 1.65 bits per heavy atom. The first-order chi connectivity index (χ1) is 9.34. The molecule has 0 fully saturated rings. The summed E-state index contributed by atoms with van der Waals surface area (Å²) in [5.41, 5.74) is 0.304. The Hall–Kier alpha value is -0.860. The number of hydrogen-bond donors (Lipinski definition) is 0. The van der Waals surface area contributed by atoms with Crippen LogP contribution in [-0.4, -0.2) is 19.5 Å². The first kappa shape index (κ1) is 19.1. The van der Waals surface area contributed by atoms with E-state index in [0.29, 0.717) is 11.5 Å². The lowest BCUT2D eigenvalue weighted by molar-refractivity contribution is 0.140. The molecule has 0 spiro atoms. The third-order valence-electron chi connectivity index (χ3n) is 3.96. The Kier molecular flexibility index (Phi) is 9.52.